The summed E-state index contributed by atoms with van der Waals surface area (Å²) in [6.45, 7) is 9.56. The SMILES string of the molecule is COC1=C(C(C)C)CC(C2CCC[n+]3[nH]c(-c4cnc(-n5cnc(C)c5)c(OC)n4)nc32)C(C)=C1. The fraction of sp³-hybridized carbons (Fsp3) is 0.500. The van der Waals surface area contributed by atoms with Crippen molar-refractivity contribution in [1.29, 1.82) is 0 Å². The summed E-state index contributed by atoms with van der Waals surface area (Å²) in [5.41, 5.74) is 4.30. The molecule has 3 aromatic rings. The highest BCUT2D eigenvalue weighted by molar-refractivity contribution is 5.50. The van der Waals surface area contributed by atoms with Gasteiger partial charge in [0.2, 0.25) is 5.82 Å². The molecule has 0 amide bonds. The van der Waals surface area contributed by atoms with Crippen molar-refractivity contribution in [2.24, 2.45) is 11.8 Å². The maximum Gasteiger partial charge on any atom is 0.323 e. The van der Waals surface area contributed by atoms with Crippen LogP contribution in [0.25, 0.3) is 17.3 Å². The molecule has 5 rings (SSSR count). The lowest BCUT2D eigenvalue weighted by atomic mass is 9.73. The Bertz CT molecular complexity index is 1300. The average molecular weight is 477 g/mol. The number of hydrogen-bond acceptors (Lipinski definition) is 6. The first-order chi connectivity index (χ1) is 16.9. The van der Waals surface area contributed by atoms with Gasteiger partial charge in [-0.1, -0.05) is 19.4 Å². The molecule has 9 heteroatoms. The van der Waals surface area contributed by atoms with Gasteiger partial charge in [0.15, 0.2) is 5.69 Å². The van der Waals surface area contributed by atoms with Crippen LogP contribution in [0.15, 0.2) is 41.7 Å². The predicted octanol–water partition coefficient (Wildman–Crippen LogP) is 4.06. The summed E-state index contributed by atoms with van der Waals surface area (Å²) in [4.78, 5) is 18.7. The number of rotatable bonds is 6. The first-order valence-corrected chi connectivity index (χ1v) is 12.3. The highest BCUT2D eigenvalue weighted by Crippen LogP contribution is 2.43. The van der Waals surface area contributed by atoms with Gasteiger partial charge < -0.3 is 9.47 Å². The monoisotopic (exact) mass is 476 g/mol. The van der Waals surface area contributed by atoms with Crippen LogP contribution in [0.2, 0.25) is 0 Å². The molecule has 2 unspecified atom stereocenters. The summed E-state index contributed by atoms with van der Waals surface area (Å²) < 4.78 is 15.3. The highest BCUT2D eigenvalue weighted by Gasteiger charge is 2.40. The van der Waals surface area contributed by atoms with Crippen LogP contribution in [0.1, 0.15) is 57.5 Å². The minimum atomic E-state index is 0.334. The Morgan fingerprint density at radius 2 is 1.94 bits per heavy atom. The summed E-state index contributed by atoms with van der Waals surface area (Å²) in [6.07, 6.45) is 10.8. The van der Waals surface area contributed by atoms with Crippen molar-refractivity contribution in [3.05, 3.63) is 53.2 Å². The van der Waals surface area contributed by atoms with Gasteiger partial charge >= 0.3 is 11.6 Å². The number of imidazole rings is 1. The van der Waals surface area contributed by atoms with Crippen LogP contribution < -0.4 is 9.42 Å². The minimum absolute atomic E-state index is 0.334. The molecule has 1 N–H and O–H groups in total. The zero-order chi connectivity index (χ0) is 24.7. The van der Waals surface area contributed by atoms with Gasteiger partial charge in [-0.25, -0.2) is 15.0 Å². The summed E-state index contributed by atoms with van der Waals surface area (Å²) >= 11 is 0. The van der Waals surface area contributed by atoms with E-state index in [4.69, 9.17) is 19.4 Å². The first kappa shape index (κ1) is 23.3. The molecule has 2 aliphatic rings. The third-order valence-corrected chi connectivity index (χ3v) is 7.19. The molecule has 4 heterocycles. The molecular formula is C26H34N7O2+. The molecule has 0 saturated heterocycles. The fourth-order valence-corrected chi connectivity index (χ4v) is 5.34. The number of nitrogens with one attached hydrogen (secondary N) is 1. The van der Waals surface area contributed by atoms with Crippen molar-refractivity contribution < 1.29 is 14.2 Å². The van der Waals surface area contributed by atoms with Crippen molar-refractivity contribution in [2.75, 3.05) is 14.2 Å². The van der Waals surface area contributed by atoms with Crippen LogP contribution in [0, 0.1) is 18.8 Å². The smallest absolute Gasteiger partial charge is 0.323 e. The van der Waals surface area contributed by atoms with Crippen molar-refractivity contribution in [3.8, 4) is 23.2 Å². The molecule has 1 aliphatic carbocycles. The number of methoxy groups -OCH3 is 2. The minimum Gasteiger partial charge on any atom is -0.497 e. The topological polar surface area (TPSA) is 94.6 Å². The summed E-state index contributed by atoms with van der Waals surface area (Å²) in [5.74, 6) is 5.04. The van der Waals surface area contributed by atoms with Crippen LogP contribution in [0.3, 0.4) is 0 Å². The number of ether oxygens (including phenoxy) is 2. The van der Waals surface area contributed by atoms with E-state index in [1.165, 1.54) is 11.1 Å². The highest BCUT2D eigenvalue weighted by atomic mass is 16.5. The van der Waals surface area contributed by atoms with Gasteiger partial charge in [0.05, 0.1) is 32.0 Å². The number of H-pyrrole nitrogens is 1. The summed E-state index contributed by atoms with van der Waals surface area (Å²) in [5, 5.41) is 3.47. The fourth-order valence-electron chi connectivity index (χ4n) is 5.34. The van der Waals surface area contributed by atoms with E-state index in [1.54, 1.807) is 26.7 Å². The second-order valence-corrected chi connectivity index (χ2v) is 9.79. The quantitative estimate of drug-likeness (QED) is 0.539. The molecule has 3 aromatic heterocycles. The Labute approximate surface area is 205 Å². The van der Waals surface area contributed by atoms with Crippen molar-refractivity contribution >= 4 is 0 Å². The molecule has 0 saturated carbocycles. The van der Waals surface area contributed by atoms with Gasteiger partial charge in [0, 0.05) is 6.20 Å². The van der Waals surface area contributed by atoms with Crippen LogP contribution >= 0.6 is 0 Å². The van der Waals surface area contributed by atoms with E-state index in [0.29, 0.717) is 41.0 Å². The van der Waals surface area contributed by atoms with Gasteiger partial charge in [0.1, 0.15) is 18.6 Å². The second-order valence-electron chi connectivity index (χ2n) is 9.79. The number of nitrogens with zero attached hydrogens (tertiary/aromatic N) is 6. The number of aryl methyl sites for hydroxylation is 2. The number of aromatic nitrogens is 7. The number of hydrogen-bond donors (Lipinski definition) is 1. The third-order valence-electron chi connectivity index (χ3n) is 7.19. The number of allylic oxidation sites excluding steroid dienone is 3. The number of fused-ring (bicyclic) bond motifs is 1. The zero-order valence-electron chi connectivity index (χ0n) is 21.4. The molecule has 0 spiro atoms. The van der Waals surface area contributed by atoms with E-state index in [-0.39, 0.29) is 0 Å². The Morgan fingerprint density at radius 3 is 2.63 bits per heavy atom. The van der Waals surface area contributed by atoms with Crippen LogP contribution in [0.4, 0.5) is 0 Å². The van der Waals surface area contributed by atoms with Crippen LogP contribution in [0.5, 0.6) is 5.88 Å². The van der Waals surface area contributed by atoms with E-state index < -0.39 is 0 Å². The molecule has 184 valence electrons. The number of aromatic amines is 1. The van der Waals surface area contributed by atoms with Gasteiger partial charge in [0.25, 0.3) is 5.88 Å². The van der Waals surface area contributed by atoms with E-state index >= 15 is 0 Å². The van der Waals surface area contributed by atoms with Gasteiger partial charge in [-0.05, 0) is 61.6 Å². The molecule has 1 aliphatic heterocycles. The third kappa shape index (κ3) is 4.24. The van der Waals surface area contributed by atoms with Crippen LogP contribution in [-0.4, -0.2) is 43.8 Å². The summed E-state index contributed by atoms with van der Waals surface area (Å²) in [7, 11) is 3.37. The molecular weight excluding hydrogens is 442 g/mol. The molecule has 0 bridgehead atoms. The standard InChI is InChI=1S/C26H33N7O2/c1-15(2)19-11-20(16(3)10-22(19)34-5)18-8-7-9-33-24(18)30-23(31-33)21-12-27-25(26(29-21)35-6)32-13-17(4)28-14-32/h10,12-15,18,20H,7-9,11H2,1-6H3/p+1. The van der Waals surface area contributed by atoms with Crippen molar-refractivity contribution in [3.63, 3.8) is 0 Å². The Balaban J connectivity index is 1.48. The summed E-state index contributed by atoms with van der Waals surface area (Å²) in [6, 6.07) is 0. The molecule has 0 aromatic carbocycles. The van der Waals surface area contributed by atoms with Gasteiger partial charge in [-0.2, -0.15) is 9.78 Å². The molecule has 0 fully saturated rings. The molecule has 2 atom stereocenters. The molecule has 0 radical (unpaired) electrons. The average Bonchev–Trinajstić information content (AvgIpc) is 3.49. The lowest BCUT2D eigenvalue weighted by molar-refractivity contribution is -0.763. The predicted molar refractivity (Wildman–Crippen MR) is 131 cm³/mol. The molecule has 35 heavy (non-hydrogen) atoms. The van der Waals surface area contributed by atoms with E-state index in [0.717, 1.165) is 43.1 Å². The van der Waals surface area contributed by atoms with Gasteiger partial charge in [-0.15, -0.1) is 0 Å². The normalized spacial score (nSPS) is 20.1. The van der Waals surface area contributed by atoms with E-state index in [2.05, 4.69) is 46.6 Å². The molecule has 9 nitrogen and oxygen atoms in total. The Kier molecular flexibility index (Phi) is 6.17. The van der Waals surface area contributed by atoms with E-state index in [1.807, 2.05) is 17.7 Å². The maximum absolute atomic E-state index is 5.71. The Hall–Kier alpha value is -3.49. The van der Waals surface area contributed by atoms with Crippen molar-refractivity contribution in [2.45, 2.75) is 59.4 Å². The second kappa shape index (κ2) is 9.28. The van der Waals surface area contributed by atoms with Gasteiger partial charge in [-0.3, -0.25) is 4.57 Å². The first-order valence-electron chi connectivity index (χ1n) is 12.3. The van der Waals surface area contributed by atoms with E-state index in [9.17, 15) is 0 Å². The Morgan fingerprint density at radius 1 is 1.11 bits per heavy atom. The van der Waals surface area contributed by atoms with Crippen molar-refractivity contribution in [1.82, 2.24) is 29.6 Å². The largest absolute Gasteiger partial charge is 0.497 e. The lowest BCUT2D eigenvalue weighted by Gasteiger charge is -2.32. The lowest BCUT2D eigenvalue weighted by Crippen LogP contribution is -2.45. The van der Waals surface area contributed by atoms with Crippen LogP contribution in [-0.2, 0) is 11.3 Å². The zero-order valence-corrected chi connectivity index (χ0v) is 21.4. The maximum atomic E-state index is 5.71.